The lowest BCUT2D eigenvalue weighted by Crippen LogP contribution is -2.51. The summed E-state index contributed by atoms with van der Waals surface area (Å²) < 4.78 is 7.98. The van der Waals surface area contributed by atoms with E-state index in [1.807, 2.05) is 31.7 Å². The van der Waals surface area contributed by atoms with Gasteiger partial charge in [0, 0.05) is 74.5 Å². The lowest BCUT2D eigenvalue weighted by atomic mass is 9.81. The zero-order valence-electron chi connectivity index (χ0n) is 25.3. The van der Waals surface area contributed by atoms with E-state index in [9.17, 15) is 14.7 Å². The summed E-state index contributed by atoms with van der Waals surface area (Å²) in [5.41, 5.74) is 6.10. The Hall–Kier alpha value is -3.52. The highest BCUT2D eigenvalue weighted by Gasteiger charge is 2.31. The first-order valence-electron chi connectivity index (χ1n) is 15.6. The fraction of sp³-hybridized carbons (Fsp3) is 0.529. The quantitative estimate of drug-likeness (QED) is 0.380. The Morgan fingerprint density at radius 3 is 2.36 bits per heavy atom. The molecule has 8 heteroatoms. The van der Waals surface area contributed by atoms with Crippen LogP contribution in [-0.2, 0) is 11.3 Å². The Labute approximate surface area is 248 Å². The molecule has 1 amide bonds. The second-order valence-corrected chi connectivity index (χ2v) is 13.1. The number of aromatic carboxylic acids is 1. The predicted octanol–water partition coefficient (Wildman–Crippen LogP) is 6.43. The van der Waals surface area contributed by atoms with Crippen LogP contribution in [0, 0.1) is 0 Å². The molecule has 42 heavy (non-hydrogen) atoms. The Bertz CT molecular complexity index is 1460. The lowest BCUT2D eigenvalue weighted by molar-refractivity contribution is 0.0147. The molecule has 3 aliphatic rings. The number of rotatable bonds is 5. The van der Waals surface area contributed by atoms with Crippen molar-refractivity contribution in [3.8, 4) is 11.3 Å². The SMILES string of the molecule is CC(C)(C)OC(=O)N1CCN(CCN2CCn3c(c(C4CCCCC4)c4ccc(C(=O)O)cc43)-c3ccccc32)CC1. The molecule has 2 aromatic carbocycles. The van der Waals surface area contributed by atoms with Crippen molar-refractivity contribution in [3.05, 3.63) is 53.6 Å². The highest BCUT2D eigenvalue weighted by atomic mass is 16.6. The Morgan fingerprint density at radius 2 is 1.64 bits per heavy atom. The van der Waals surface area contributed by atoms with Gasteiger partial charge in [0.1, 0.15) is 5.60 Å². The number of ether oxygens (including phenoxy) is 1. The van der Waals surface area contributed by atoms with Crippen LogP contribution in [0.3, 0.4) is 0 Å². The van der Waals surface area contributed by atoms with Gasteiger partial charge in [0.15, 0.2) is 0 Å². The summed E-state index contributed by atoms with van der Waals surface area (Å²) in [6.07, 6.45) is 5.95. The monoisotopic (exact) mass is 572 g/mol. The van der Waals surface area contributed by atoms with E-state index in [1.165, 1.54) is 60.0 Å². The molecule has 8 nitrogen and oxygen atoms in total. The second kappa shape index (κ2) is 11.6. The summed E-state index contributed by atoms with van der Waals surface area (Å²) in [5.74, 6) is -0.386. The van der Waals surface area contributed by atoms with Crippen molar-refractivity contribution in [1.82, 2.24) is 14.4 Å². The number of fused-ring (bicyclic) bond motifs is 5. The molecule has 1 saturated carbocycles. The largest absolute Gasteiger partial charge is 0.478 e. The van der Waals surface area contributed by atoms with Crippen LogP contribution in [-0.4, -0.2) is 83.0 Å². The molecule has 0 bridgehead atoms. The summed E-state index contributed by atoms with van der Waals surface area (Å²) in [6.45, 7) is 12.2. The third-order valence-electron chi connectivity index (χ3n) is 9.17. The molecule has 1 aliphatic carbocycles. The molecule has 1 N–H and O–H groups in total. The van der Waals surface area contributed by atoms with E-state index in [4.69, 9.17) is 4.74 Å². The minimum Gasteiger partial charge on any atom is -0.478 e. The molecule has 2 aliphatic heterocycles. The summed E-state index contributed by atoms with van der Waals surface area (Å²) in [4.78, 5) is 31.2. The number of anilines is 1. The molecule has 6 rings (SSSR count). The highest BCUT2D eigenvalue weighted by Crippen LogP contribution is 2.47. The van der Waals surface area contributed by atoms with E-state index < -0.39 is 11.6 Å². The first-order valence-corrected chi connectivity index (χ1v) is 15.6. The first kappa shape index (κ1) is 28.6. The molecule has 1 saturated heterocycles. The summed E-state index contributed by atoms with van der Waals surface area (Å²) in [7, 11) is 0. The fourth-order valence-electron chi connectivity index (χ4n) is 7.10. The van der Waals surface area contributed by atoms with Crippen molar-refractivity contribution in [2.45, 2.75) is 70.9 Å². The average Bonchev–Trinajstić information content (AvgIpc) is 3.21. The van der Waals surface area contributed by atoms with Gasteiger partial charge in [-0.05, 0) is 63.3 Å². The van der Waals surface area contributed by atoms with Crippen LogP contribution in [0.25, 0.3) is 22.2 Å². The number of benzene rings is 2. The van der Waals surface area contributed by atoms with Gasteiger partial charge in [0.2, 0.25) is 0 Å². The van der Waals surface area contributed by atoms with Gasteiger partial charge in [-0.3, -0.25) is 4.90 Å². The molecular weight excluding hydrogens is 528 g/mol. The number of para-hydroxylation sites is 1. The van der Waals surface area contributed by atoms with Crippen molar-refractivity contribution in [2.24, 2.45) is 0 Å². The van der Waals surface area contributed by atoms with Crippen LogP contribution in [0.4, 0.5) is 10.5 Å². The summed E-state index contributed by atoms with van der Waals surface area (Å²) >= 11 is 0. The number of aromatic nitrogens is 1. The van der Waals surface area contributed by atoms with E-state index in [1.54, 1.807) is 6.07 Å². The zero-order valence-corrected chi connectivity index (χ0v) is 25.3. The van der Waals surface area contributed by atoms with Crippen molar-refractivity contribution >= 4 is 28.7 Å². The second-order valence-electron chi connectivity index (χ2n) is 13.1. The van der Waals surface area contributed by atoms with E-state index >= 15 is 0 Å². The smallest absolute Gasteiger partial charge is 0.410 e. The van der Waals surface area contributed by atoms with Gasteiger partial charge < -0.3 is 24.2 Å². The van der Waals surface area contributed by atoms with Gasteiger partial charge in [0.05, 0.1) is 11.3 Å². The summed E-state index contributed by atoms with van der Waals surface area (Å²) in [6, 6.07) is 14.5. The van der Waals surface area contributed by atoms with E-state index in [0.29, 0.717) is 24.6 Å². The number of carboxylic acids is 1. The van der Waals surface area contributed by atoms with Crippen molar-refractivity contribution in [1.29, 1.82) is 0 Å². The molecule has 0 atom stereocenters. The minimum absolute atomic E-state index is 0.224. The zero-order chi connectivity index (χ0) is 29.4. The molecule has 224 valence electrons. The predicted molar refractivity (Wildman–Crippen MR) is 167 cm³/mol. The van der Waals surface area contributed by atoms with Gasteiger partial charge >= 0.3 is 12.1 Å². The van der Waals surface area contributed by atoms with E-state index in [-0.39, 0.29) is 6.09 Å². The number of piperazine rings is 1. The Balaban J connectivity index is 1.26. The average molecular weight is 573 g/mol. The maximum absolute atomic E-state index is 12.5. The van der Waals surface area contributed by atoms with Crippen LogP contribution >= 0.6 is 0 Å². The van der Waals surface area contributed by atoms with Gasteiger partial charge in [-0.2, -0.15) is 0 Å². The van der Waals surface area contributed by atoms with Gasteiger partial charge in [-0.1, -0.05) is 43.5 Å². The Morgan fingerprint density at radius 1 is 0.905 bits per heavy atom. The third kappa shape index (κ3) is 5.74. The molecule has 0 radical (unpaired) electrons. The van der Waals surface area contributed by atoms with Crippen molar-refractivity contribution in [3.63, 3.8) is 0 Å². The van der Waals surface area contributed by atoms with Gasteiger partial charge in [-0.15, -0.1) is 0 Å². The number of amides is 1. The molecular formula is C34H44N4O4. The van der Waals surface area contributed by atoms with E-state index in [2.05, 4.69) is 44.7 Å². The number of nitrogens with zero attached hydrogens (tertiary/aromatic N) is 4. The first-order chi connectivity index (χ1) is 20.2. The number of carboxylic acid groups (broad SMARTS) is 1. The number of hydrogen-bond donors (Lipinski definition) is 1. The third-order valence-corrected chi connectivity index (χ3v) is 9.17. The minimum atomic E-state index is -0.880. The standard InChI is InChI=1S/C34H44N4O4/c1-34(2,3)42-33(41)37-19-16-35(17-20-37)15-18-36-21-22-38-29-23-25(32(39)40)13-14-26(29)30(24-9-5-4-6-10-24)31(38)27-11-7-8-12-28(27)36/h7-8,11-14,23-24H,4-6,9-10,15-22H2,1-3H3,(H,39,40). The van der Waals surface area contributed by atoms with Crippen LogP contribution < -0.4 is 4.90 Å². The Kier molecular flexibility index (Phi) is 7.92. The van der Waals surface area contributed by atoms with Crippen LogP contribution in [0.5, 0.6) is 0 Å². The van der Waals surface area contributed by atoms with Crippen molar-refractivity contribution in [2.75, 3.05) is 50.7 Å². The van der Waals surface area contributed by atoms with Crippen molar-refractivity contribution < 1.29 is 19.4 Å². The normalized spacial score (nSPS) is 18.5. The molecule has 3 aromatic rings. The summed E-state index contributed by atoms with van der Waals surface area (Å²) in [5, 5.41) is 11.0. The molecule has 0 spiro atoms. The van der Waals surface area contributed by atoms with Crippen LogP contribution in [0.1, 0.15) is 74.7 Å². The van der Waals surface area contributed by atoms with Crippen LogP contribution in [0.15, 0.2) is 42.5 Å². The van der Waals surface area contributed by atoms with E-state index in [0.717, 1.165) is 44.8 Å². The maximum atomic E-state index is 12.5. The molecule has 3 heterocycles. The molecule has 1 aromatic heterocycles. The maximum Gasteiger partial charge on any atom is 0.410 e. The topological polar surface area (TPSA) is 78.2 Å². The fourth-order valence-corrected chi connectivity index (χ4v) is 7.10. The number of carbonyl (C=O) groups excluding carboxylic acids is 1. The van der Waals surface area contributed by atoms with Gasteiger partial charge in [-0.25, -0.2) is 9.59 Å². The number of hydrogen-bond acceptors (Lipinski definition) is 5. The molecule has 2 fully saturated rings. The van der Waals surface area contributed by atoms with Crippen LogP contribution in [0.2, 0.25) is 0 Å². The number of carbonyl (C=O) groups is 2. The lowest BCUT2D eigenvalue weighted by Gasteiger charge is -2.36. The highest BCUT2D eigenvalue weighted by molar-refractivity contribution is 5.99. The molecule has 0 unspecified atom stereocenters. The van der Waals surface area contributed by atoms with Gasteiger partial charge in [0.25, 0.3) is 0 Å².